The van der Waals surface area contributed by atoms with Crippen molar-refractivity contribution >= 4 is 23.2 Å². The van der Waals surface area contributed by atoms with Crippen molar-refractivity contribution in [1.29, 1.82) is 0 Å². The van der Waals surface area contributed by atoms with Crippen LogP contribution >= 0.6 is 11.3 Å². The number of thiophene rings is 1. The number of carboxylic acids is 1. The van der Waals surface area contributed by atoms with Crippen molar-refractivity contribution in [1.82, 2.24) is 5.32 Å². The van der Waals surface area contributed by atoms with E-state index in [2.05, 4.69) is 12.2 Å². The lowest BCUT2D eigenvalue weighted by Crippen LogP contribution is -2.44. The van der Waals surface area contributed by atoms with Crippen molar-refractivity contribution in [2.24, 2.45) is 11.8 Å². The second-order valence-electron chi connectivity index (χ2n) is 5.94. The summed E-state index contributed by atoms with van der Waals surface area (Å²) in [7, 11) is 0. The van der Waals surface area contributed by atoms with E-state index in [1.807, 2.05) is 6.07 Å². The molecule has 1 aromatic rings. The zero-order valence-electron chi connectivity index (χ0n) is 12.1. The lowest BCUT2D eigenvalue weighted by molar-refractivity contribution is -0.140. The molecular weight excluding hydrogens is 274 g/mol. The predicted octanol–water partition coefficient (Wildman–Crippen LogP) is 2.71. The van der Waals surface area contributed by atoms with E-state index in [0.29, 0.717) is 10.8 Å². The van der Waals surface area contributed by atoms with Gasteiger partial charge in [-0.2, -0.15) is 0 Å². The highest BCUT2D eigenvalue weighted by atomic mass is 32.1. The number of rotatable bonds is 4. The second kappa shape index (κ2) is 5.95. The van der Waals surface area contributed by atoms with E-state index in [4.69, 9.17) is 5.11 Å². The van der Waals surface area contributed by atoms with E-state index >= 15 is 0 Å². The molecule has 0 spiro atoms. The van der Waals surface area contributed by atoms with Gasteiger partial charge in [0.05, 0.1) is 4.88 Å². The number of nitrogens with one attached hydrogen (secondary N) is 1. The Hall–Kier alpha value is -1.36. The molecule has 2 rings (SSSR count). The van der Waals surface area contributed by atoms with Crippen LogP contribution in [0.2, 0.25) is 0 Å². The van der Waals surface area contributed by atoms with Gasteiger partial charge in [-0.3, -0.25) is 4.79 Å². The molecule has 1 aromatic heterocycles. The van der Waals surface area contributed by atoms with Crippen molar-refractivity contribution in [2.75, 3.05) is 0 Å². The Bertz CT molecular complexity index is 521. The van der Waals surface area contributed by atoms with Crippen LogP contribution in [0.1, 0.15) is 47.3 Å². The van der Waals surface area contributed by atoms with Crippen molar-refractivity contribution in [3.8, 4) is 0 Å². The number of carboxylic acid groups (broad SMARTS) is 1. The van der Waals surface area contributed by atoms with Crippen LogP contribution in [0.5, 0.6) is 0 Å². The minimum atomic E-state index is -0.983. The Labute approximate surface area is 123 Å². The Balaban J connectivity index is 2.12. The molecule has 2 N–H and O–H groups in total. The van der Waals surface area contributed by atoms with Crippen molar-refractivity contribution < 1.29 is 14.7 Å². The monoisotopic (exact) mass is 295 g/mol. The lowest BCUT2D eigenvalue weighted by atomic mass is 9.90. The summed E-state index contributed by atoms with van der Waals surface area (Å²) >= 11 is 1.51. The third kappa shape index (κ3) is 3.20. The summed E-state index contributed by atoms with van der Waals surface area (Å²) in [6.07, 6.45) is 3.21. The smallest absolute Gasteiger partial charge is 0.326 e. The van der Waals surface area contributed by atoms with Gasteiger partial charge < -0.3 is 10.4 Å². The van der Waals surface area contributed by atoms with Gasteiger partial charge >= 0.3 is 5.97 Å². The molecule has 5 heteroatoms. The second-order valence-corrected chi connectivity index (χ2v) is 7.08. The van der Waals surface area contributed by atoms with E-state index < -0.39 is 12.0 Å². The molecule has 2 atom stereocenters. The normalized spacial score (nSPS) is 19.5. The molecule has 0 saturated heterocycles. The first-order valence-corrected chi connectivity index (χ1v) is 7.85. The Morgan fingerprint density at radius 2 is 2.15 bits per heavy atom. The Kier molecular flexibility index (Phi) is 4.48. The van der Waals surface area contributed by atoms with Crippen LogP contribution in [0.15, 0.2) is 6.07 Å². The van der Waals surface area contributed by atoms with E-state index in [1.54, 1.807) is 13.8 Å². The molecule has 0 saturated carbocycles. The molecule has 4 nitrogen and oxygen atoms in total. The zero-order valence-corrected chi connectivity index (χ0v) is 12.9. The molecule has 1 unspecified atom stereocenters. The first-order valence-electron chi connectivity index (χ1n) is 7.03. The van der Waals surface area contributed by atoms with Gasteiger partial charge in [0.15, 0.2) is 0 Å². The summed E-state index contributed by atoms with van der Waals surface area (Å²) in [5, 5.41) is 11.7. The maximum atomic E-state index is 12.2. The van der Waals surface area contributed by atoms with Crippen molar-refractivity contribution in [3.05, 3.63) is 21.4 Å². The Morgan fingerprint density at radius 1 is 1.45 bits per heavy atom. The van der Waals surface area contributed by atoms with Gasteiger partial charge in [-0.1, -0.05) is 20.8 Å². The van der Waals surface area contributed by atoms with Gasteiger partial charge in [0, 0.05) is 4.88 Å². The number of aliphatic carboxylic acids is 1. The fourth-order valence-corrected chi connectivity index (χ4v) is 3.66. The number of hydrogen-bond acceptors (Lipinski definition) is 3. The molecule has 1 heterocycles. The molecule has 0 radical (unpaired) electrons. The van der Waals surface area contributed by atoms with E-state index in [1.165, 1.54) is 21.8 Å². The summed E-state index contributed by atoms with van der Waals surface area (Å²) < 4.78 is 0. The standard InChI is InChI=1S/C15H21NO3S/c1-8(2)13(15(18)19)16-14(17)12-7-10-6-9(3)4-5-11(10)20-12/h7-9,13H,4-6H2,1-3H3,(H,16,17)(H,18,19)/t9?,13-/m0/s1. The number of amides is 1. The quantitative estimate of drug-likeness (QED) is 0.897. The van der Waals surface area contributed by atoms with E-state index in [0.717, 1.165) is 19.3 Å². The Morgan fingerprint density at radius 3 is 2.75 bits per heavy atom. The van der Waals surface area contributed by atoms with Gasteiger partial charge in [0.1, 0.15) is 6.04 Å². The summed E-state index contributed by atoms with van der Waals surface area (Å²) in [5.41, 5.74) is 1.26. The van der Waals surface area contributed by atoms with Gasteiger partial charge in [-0.15, -0.1) is 11.3 Å². The number of carbonyl (C=O) groups excluding carboxylic acids is 1. The van der Waals surface area contributed by atoms with Crippen LogP contribution in [0.3, 0.4) is 0 Å². The van der Waals surface area contributed by atoms with Crippen LogP contribution in [-0.4, -0.2) is 23.0 Å². The summed E-state index contributed by atoms with van der Waals surface area (Å²) in [6.45, 7) is 5.81. The average molecular weight is 295 g/mol. The van der Waals surface area contributed by atoms with Gasteiger partial charge in [0.25, 0.3) is 5.91 Å². The largest absolute Gasteiger partial charge is 0.480 e. The van der Waals surface area contributed by atoms with Crippen LogP contribution in [0.25, 0.3) is 0 Å². The van der Waals surface area contributed by atoms with Crippen molar-refractivity contribution in [3.63, 3.8) is 0 Å². The predicted molar refractivity (Wildman–Crippen MR) is 79.2 cm³/mol. The van der Waals surface area contributed by atoms with Crippen LogP contribution in [0, 0.1) is 11.8 Å². The number of fused-ring (bicyclic) bond motifs is 1. The fraction of sp³-hybridized carbons (Fsp3) is 0.600. The molecule has 0 aliphatic heterocycles. The van der Waals surface area contributed by atoms with Gasteiger partial charge in [-0.25, -0.2) is 4.79 Å². The lowest BCUT2D eigenvalue weighted by Gasteiger charge is -2.17. The third-order valence-corrected chi connectivity index (χ3v) is 5.01. The highest BCUT2D eigenvalue weighted by Gasteiger charge is 2.26. The highest BCUT2D eigenvalue weighted by Crippen LogP contribution is 2.32. The SMILES string of the molecule is CC1CCc2sc(C(=O)N[C@H](C(=O)O)C(C)C)cc2C1. The third-order valence-electron chi connectivity index (χ3n) is 3.77. The molecule has 1 aliphatic carbocycles. The maximum absolute atomic E-state index is 12.2. The maximum Gasteiger partial charge on any atom is 0.326 e. The molecule has 1 amide bonds. The summed E-state index contributed by atoms with van der Waals surface area (Å²) in [4.78, 5) is 25.3. The van der Waals surface area contributed by atoms with Gasteiger partial charge in [-0.05, 0) is 42.7 Å². The van der Waals surface area contributed by atoms with E-state index in [9.17, 15) is 9.59 Å². The zero-order chi connectivity index (χ0) is 14.9. The average Bonchev–Trinajstić information content (AvgIpc) is 2.77. The number of carbonyl (C=O) groups is 2. The summed E-state index contributed by atoms with van der Waals surface area (Å²) in [6, 6.07) is 1.10. The van der Waals surface area contributed by atoms with Crippen molar-refractivity contribution in [2.45, 2.75) is 46.1 Å². The molecule has 0 bridgehead atoms. The minimum absolute atomic E-state index is 0.133. The topological polar surface area (TPSA) is 66.4 Å². The van der Waals surface area contributed by atoms with Gasteiger partial charge in [0.2, 0.25) is 0 Å². The van der Waals surface area contributed by atoms with Crippen LogP contribution in [0.4, 0.5) is 0 Å². The molecular formula is C15H21NO3S. The number of hydrogen-bond donors (Lipinski definition) is 2. The molecule has 0 fully saturated rings. The summed E-state index contributed by atoms with van der Waals surface area (Å²) in [5.74, 6) is -0.719. The van der Waals surface area contributed by atoms with Crippen LogP contribution in [-0.2, 0) is 17.6 Å². The minimum Gasteiger partial charge on any atom is -0.480 e. The molecule has 20 heavy (non-hydrogen) atoms. The van der Waals surface area contributed by atoms with Crippen LogP contribution < -0.4 is 5.32 Å². The highest BCUT2D eigenvalue weighted by molar-refractivity contribution is 7.14. The first-order chi connectivity index (χ1) is 9.38. The first kappa shape index (κ1) is 15.0. The van der Waals surface area contributed by atoms with E-state index in [-0.39, 0.29) is 11.8 Å². The molecule has 110 valence electrons. The fourth-order valence-electron chi connectivity index (χ4n) is 2.54. The molecule has 0 aromatic carbocycles. The molecule has 1 aliphatic rings. The number of aryl methyl sites for hydroxylation is 1.